The number of fused-ring (bicyclic) bond motifs is 3. The fourth-order valence-electron chi connectivity index (χ4n) is 4.55. The van der Waals surface area contributed by atoms with E-state index in [1.165, 1.54) is 29.5 Å². The van der Waals surface area contributed by atoms with Gasteiger partial charge in [-0.25, -0.2) is 12.7 Å². The van der Waals surface area contributed by atoms with E-state index in [4.69, 9.17) is 0 Å². The Morgan fingerprint density at radius 1 is 1.21 bits per heavy atom. The molecule has 7 heteroatoms. The van der Waals surface area contributed by atoms with Crippen molar-refractivity contribution >= 4 is 26.8 Å². The number of benzene rings is 1. The average molecular weight is 404 g/mol. The smallest absolute Gasteiger partial charge is 0.253 e. The Balaban J connectivity index is 1.46. The van der Waals surface area contributed by atoms with Crippen LogP contribution >= 0.6 is 0 Å². The zero-order chi connectivity index (χ0) is 19.7. The summed E-state index contributed by atoms with van der Waals surface area (Å²) in [5.41, 5.74) is 4.27. The molecule has 1 saturated heterocycles. The molecule has 2 aromatic rings. The van der Waals surface area contributed by atoms with Gasteiger partial charge in [0, 0.05) is 30.2 Å². The van der Waals surface area contributed by atoms with Crippen LogP contribution in [0.5, 0.6) is 0 Å². The van der Waals surface area contributed by atoms with Crippen LogP contribution in [-0.2, 0) is 22.9 Å². The molecular formula is C21H29N3O3S. The van der Waals surface area contributed by atoms with Crippen LogP contribution in [0.4, 0.5) is 0 Å². The highest BCUT2D eigenvalue weighted by molar-refractivity contribution is 7.89. The number of hydrogen-bond donors (Lipinski definition) is 2. The largest absolute Gasteiger partial charge is 0.358 e. The zero-order valence-electron chi connectivity index (χ0n) is 16.5. The number of carbonyl (C=O) groups excluding carboxylic acids is 1. The van der Waals surface area contributed by atoms with Crippen LogP contribution in [0.25, 0.3) is 10.9 Å². The van der Waals surface area contributed by atoms with Gasteiger partial charge in [-0.2, -0.15) is 0 Å². The highest BCUT2D eigenvalue weighted by Gasteiger charge is 2.28. The summed E-state index contributed by atoms with van der Waals surface area (Å²) in [5, 5.41) is 4.30. The minimum atomic E-state index is -3.15. The second-order valence-electron chi connectivity index (χ2n) is 7.98. The van der Waals surface area contributed by atoms with Crippen molar-refractivity contribution in [2.75, 3.05) is 18.8 Å². The summed E-state index contributed by atoms with van der Waals surface area (Å²) in [7, 11) is -3.15. The molecule has 0 saturated carbocycles. The predicted molar refractivity (Wildman–Crippen MR) is 111 cm³/mol. The lowest BCUT2D eigenvalue weighted by molar-refractivity contribution is 0.0925. The normalized spacial score (nSPS) is 18.9. The number of H-pyrrole nitrogens is 1. The molecule has 0 spiro atoms. The van der Waals surface area contributed by atoms with Gasteiger partial charge in [0.25, 0.3) is 5.91 Å². The molecule has 6 nitrogen and oxygen atoms in total. The zero-order valence-corrected chi connectivity index (χ0v) is 17.3. The van der Waals surface area contributed by atoms with E-state index < -0.39 is 10.0 Å². The second kappa shape index (κ2) is 7.87. The SMILES string of the molecule is CCCS(=O)(=O)N1CCC(NC(=O)c2cccc3c4c([nH]c23)CCCC4)CC1. The topological polar surface area (TPSA) is 82.3 Å². The number of sulfonamides is 1. The van der Waals surface area contributed by atoms with E-state index in [0.29, 0.717) is 37.9 Å². The van der Waals surface area contributed by atoms with Crippen molar-refractivity contribution in [2.45, 2.75) is 57.9 Å². The van der Waals surface area contributed by atoms with E-state index in [0.717, 1.165) is 18.4 Å². The van der Waals surface area contributed by atoms with E-state index in [2.05, 4.69) is 16.4 Å². The summed E-state index contributed by atoms with van der Waals surface area (Å²) in [5.74, 6) is 0.128. The molecule has 1 aromatic heterocycles. The van der Waals surface area contributed by atoms with E-state index >= 15 is 0 Å². The lowest BCUT2D eigenvalue weighted by atomic mass is 9.95. The molecule has 2 aliphatic rings. The van der Waals surface area contributed by atoms with Crippen molar-refractivity contribution in [2.24, 2.45) is 0 Å². The molecular weight excluding hydrogens is 374 g/mol. The van der Waals surface area contributed by atoms with Crippen LogP contribution in [0, 0.1) is 0 Å². The lowest BCUT2D eigenvalue weighted by Gasteiger charge is -2.31. The molecule has 2 N–H and O–H groups in total. The van der Waals surface area contributed by atoms with Crippen molar-refractivity contribution in [1.29, 1.82) is 0 Å². The summed E-state index contributed by atoms with van der Waals surface area (Å²) < 4.78 is 26.0. The van der Waals surface area contributed by atoms with Crippen molar-refractivity contribution in [3.8, 4) is 0 Å². The molecule has 0 atom stereocenters. The number of aromatic nitrogens is 1. The quantitative estimate of drug-likeness (QED) is 0.805. The molecule has 1 aliphatic carbocycles. The fourth-order valence-corrected chi connectivity index (χ4v) is 6.09. The third-order valence-corrected chi connectivity index (χ3v) is 8.10. The van der Waals surface area contributed by atoms with Crippen LogP contribution < -0.4 is 5.32 Å². The first kappa shape index (κ1) is 19.5. The van der Waals surface area contributed by atoms with Crippen LogP contribution in [0.2, 0.25) is 0 Å². The van der Waals surface area contributed by atoms with Crippen molar-refractivity contribution in [3.05, 3.63) is 35.0 Å². The summed E-state index contributed by atoms with van der Waals surface area (Å²) >= 11 is 0. The summed E-state index contributed by atoms with van der Waals surface area (Å²) in [6, 6.07) is 5.95. The van der Waals surface area contributed by atoms with Gasteiger partial charge in [0.1, 0.15) is 0 Å². The Kier molecular flexibility index (Phi) is 5.47. The van der Waals surface area contributed by atoms with Crippen LogP contribution in [0.1, 0.15) is 60.6 Å². The number of aromatic amines is 1. The van der Waals surface area contributed by atoms with Crippen molar-refractivity contribution < 1.29 is 13.2 Å². The van der Waals surface area contributed by atoms with Crippen molar-refractivity contribution in [3.63, 3.8) is 0 Å². The second-order valence-corrected chi connectivity index (χ2v) is 10.1. The van der Waals surface area contributed by atoms with Gasteiger partial charge >= 0.3 is 0 Å². The Hall–Kier alpha value is -1.86. The maximum Gasteiger partial charge on any atom is 0.253 e. The van der Waals surface area contributed by atoms with Gasteiger partial charge in [0.15, 0.2) is 0 Å². The number of carbonyl (C=O) groups is 1. The van der Waals surface area contributed by atoms with Crippen LogP contribution in [-0.4, -0.2) is 48.5 Å². The molecule has 4 rings (SSSR count). The van der Waals surface area contributed by atoms with Gasteiger partial charge in [0.05, 0.1) is 16.8 Å². The number of rotatable bonds is 5. The predicted octanol–water partition coefficient (Wildman–Crippen LogP) is 2.98. The minimum absolute atomic E-state index is 0.0143. The van der Waals surface area contributed by atoms with Crippen LogP contribution in [0.15, 0.2) is 18.2 Å². The summed E-state index contributed by atoms with van der Waals surface area (Å²) in [6.07, 6.45) is 6.47. The number of amides is 1. The fraction of sp³-hybridized carbons (Fsp3) is 0.571. The highest BCUT2D eigenvalue weighted by Crippen LogP contribution is 2.31. The molecule has 1 fully saturated rings. The monoisotopic (exact) mass is 403 g/mol. The maximum absolute atomic E-state index is 13.0. The van der Waals surface area contributed by atoms with Gasteiger partial charge in [-0.05, 0) is 56.6 Å². The number of nitrogens with zero attached hydrogens (tertiary/aromatic N) is 1. The molecule has 2 heterocycles. The van der Waals surface area contributed by atoms with Crippen LogP contribution in [0.3, 0.4) is 0 Å². The Labute approximate surface area is 166 Å². The number of para-hydroxylation sites is 1. The Morgan fingerprint density at radius 2 is 1.96 bits per heavy atom. The molecule has 1 aliphatic heterocycles. The minimum Gasteiger partial charge on any atom is -0.358 e. The molecule has 0 unspecified atom stereocenters. The molecule has 1 aromatic carbocycles. The Morgan fingerprint density at radius 3 is 2.71 bits per heavy atom. The average Bonchev–Trinajstić information content (AvgIpc) is 3.07. The van der Waals surface area contributed by atoms with Gasteiger partial charge in [-0.1, -0.05) is 19.1 Å². The number of hydrogen-bond acceptors (Lipinski definition) is 3. The third-order valence-electron chi connectivity index (χ3n) is 6.02. The van der Waals surface area contributed by atoms with E-state index in [1.807, 2.05) is 19.1 Å². The number of aryl methyl sites for hydroxylation is 2. The first-order valence-corrected chi connectivity index (χ1v) is 12.0. The molecule has 0 bridgehead atoms. The van der Waals surface area contributed by atoms with Gasteiger partial charge in [-0.3, -0.25) is 4.79 Å². The van der Waals surface area contributed by atoms with Gasteiger partial charge in [-0.15, -0.1) is 0 Å². The van der Waals surface area contributed by atoms with Gasteiger partial charge < -0.3 is 10.3 Å². The van der Waals surface area contributed by atoms with Crippen molar-refractivity contribution in [1.82, 2.24) is 14.6 Å². The maximum atomic E-state index is 13.0. The van der Waals surface area contributed by atoms with E-state index in [-0.39, 0.29) is 17.7 Å². The first-order chi connectivity index (χ1) is 13.5. The van der Waals surface area contributed by atoms with Gasteiger partial charge in [0.2, 0.25) is 10.0 Å². The number of piperidine rings is 1. The molecule has 0 radical (unpaired) electrons. The van der Waals surface area contributed by atoms with E-state index in [1.54, 1.807) is 4.31 Å². The molecule has 1 amide bonds. The molecule has 152 valence electrons. The summed E-state index contributed by atoms with van der Waals surface area (Å²) in [6.45, 7) is 2.84. The number of nitrogens with one attached hydrogen (secondary N) is 2. The first-order valence-electron chi connectivity index (χ1n) is 10.4. The Bertz CT molecular complexity index is 972. The summed E-state index contributed by atoms with van der Waals surface area (Å²) in [4.78, 5) is 16.5. The lowest BCUT2D eigenvalue weighted by Crippen LogP contribution is -2.47. The highest BCUT2D eigenvalue weighted by atomic mass is 32.2. The van der Waals surface area contributed by atoms with E-state index in [9.17, 15) is 13.2 Å². The standard InChI is InChI=1S/C21H29N3O3S/c1-2-14-28(26,27)24-12-10-15(11-13-24)22-21(25)18-8-5-7-17-16-6-3-4-9-19(16)23-20(17)18/h5,7-8,15,23H,2-4,6,9-14H2,1H3,(H,22,25). The third kappa shape index (κ3) is 3.70. The molecule has 28 heavy (non-hydrogen) atoms.